The molecule has 0 heterocycles. The van der Waals surface area contributed by atoms with Crippen molar-refractivity contribution in [1.82, 2.24) is 0 Å². The standard InChI is InChI=1S/C16H20O/c1-6-12(3)17-15-10-16(4,5)14-8-7-11(2)9-13(14)15/h6-10,12H,1H2,2-5H3. The van der Waals surface area contributed by atoms with Crippen LogP contribution in [-0.2, 0) is 10.2 Å². The Labute approximate surface area is 104 Å². The van der Waals surface area contributed by atoms with Gasteiger partial charge in [0.05, 0.1) is 0 Å². The Hall–Kier alpha value is -1.50. The average Bonchev–Trinajstić information content (AvgIpc) is 2.50. The smallest absolute Gasteiger partial charge is 0.124 e. The molecule has 0 N–H and O–H groups in total. The second-order valence-corrected chi connectivity index (χ2v) is 5.34. The zero-order chi connectivity index (χ0) is 12.6. The predicted molar refractivity (Wildman–Crippen MR) is 72.9 cm³/mol. The van der Waals surface area contributed by atoms with Crippen molar-refractivity contribution in [2.75, 3.05) is 0 Å². The molecule has 90 valence electrons. The lowest BCUT2D eigenvalue weighted by Gasteiger charge is -2.16. The lowest BCUT2D eigenvalue weighted by Crippen LogP contribution is -2.10. The van der Waals surface area contributed by atoms with Gasteiger partial charge in [0.15, 0.2) is 0 Å². The Bertz CT molecular complexity index is 480. The van der Waals surface area contributed by atoms with Crippen LogP contribution < -0.4 is 0 Å². The summed E-state index contributed by atoms with van der Waals surface area (Å²) in [5, 5.41) is 0. The van der Waals surface area contributed by atoms with Crippen molar-refractivity contribution >= 4 is 5.76 Å². The molecule has 1 aromatic rings. The van der Waals surface area contributed by atoms with Crippen LogP contribution in [0.3, 0.4) is 0 Å². The van der Waals surface area contributed by atoms with Gasteiger partial charge in [-0.15, -0.1) is 0 Å². The molecule has 2 rings (SSSR count). The third-order valence-electron chi connectivity index (χ3n) is 3.27. The Morgan fingerprint density at radius 2 is 2.06 bits per heavy atom. The fraction of sp³-hybridized carbons (Fsp3) is 0.375. The summed E-state index contributed by atoms with van der Waals surface area (Å²) >= 11 is 0. The molecule has 1 atom stereocenters. The molecule has 0 saturated carbocycles. The summed E-state index contributed by atoms with van der Waals surface area (Å²) < 4.78 is 5.92. The maximum atomic E-state index is 5.92. The zero-order valence-electron chi connectivity index (χ0n) is 11.1. The van der Waals surface area contributed by atoms with Crippen LogP contribution in [-0.4, -0.2) is 6.10 Å². The number of fused-ring (bicyclic) bond motifs is 1. The minimum atomic E-state index is 0.0449. The molecule has 17 heavy (non-hydrogen) atoms. The molecule has 0 fully saturated rings. The second kappa shape index (κ2) is 4.06. The van der Waals surface area contributed by atoms with E-state index >= 15 is 0 Å². The lowest BCUT2D eigenvalue weighted by molar-refractivity contribution is 0.230. The van der Waals surface area contributed by atoms with Crippen LogP contribution in [0.2, 0.25) is 0 Å². The summed E-state index contributed by atoms with van der Waals surface area (Å²) in [7, 11) is 0. The van der Waals surface area contributed by atoms with Crippen LogP contribution in [0.5, 0.6) is 0 Å². The number of benzene rings is 1. The molecule has 1 aliphatic rings. The summed E-state index contributed by atoms with van der Waals surface area (Å²) in [6, 6.07) is 6.57. The Kier molecular flexibility index (Phi) is 2.86. The molecular formula is C16H20O. The minimum absolute atomic E-state index is 0.0449. The number of rotatable bonds is 3. The monoisotopic (exact) mass is 228 g/mol. The highest BCUT2D eigenvalue weighted by atomic mass is 16.5. The van der Waals surface area contributed by atoms with Gasteiger partial charge >= 0.3 is 0 Å². The molecular weight excluding hydrogens is 208 g/mol. The van der Waals surface area contributed by atoms with Crippen molar-refractivity contribution in [2.24, 2.45) is 0 Å². The van der Waals surface area contributed by atoms with Gasteiger partial charge < -0.3 is 4.74 Å². The van der Waals surface area contributed by atoms with E-state index in [2.05, 4.69) is 51.6 Å². The minimum Gasteiger partial charge on any atom is -0.486 e. The number of aryl methyl sites for hydroxylation is 1. The topological polar surface area (TPSA) is 9.23 Å². The third kappa shape index (κ3) is 2.14. The van der Waals surface area contributed by atoms with Gasteiger partial charge in [0, 0.05) is 11.0 Å². The van der Waals surface area contributed by atoms with E-state index in [1.54, 1.807) is 0 Å². The highest BCUT2D eigenvalue weighted by Crippen LogP contribution is 2.41. The number of ether oxygens (including phenoxy) is 1. The van der Waals surface area contributed by atoms with E-state index in [1.165, 1.54) is 16.7 Å². The van der Waals surface area contributed by atoms with Crippen LogP contribution in [0.4, 0.5) is 0 Å². The van der Waals surface area contributed by atoms with Gasteiger partial charge in [0.25, 0.3) is 0 Å². The first-order valence-corrected chi connectivity index (χ1v) is 6.07. The van der Waals surface area contributed by atoms with E-state index in [1.807, 2.05) is 13.0 Å². The van der Waals surface area contributed by atoms with E-state index in [9.17, 15) is 0 Å². The van der Waals surface area contributed by atoms with Gasteiger partial charge in [-0.1, -0.05) is 44.2 Å². The van der Waals surface area contributed by atoms with Crippen molar-refractivity contribution in [3.63, 3.8) is 0 Å². The van der Waals surface area contributed by atoms with Gasteiger partial charge in [-0.3, -0.25) is 0 Å². The molecule has 1 aliphatic carbocycles. The molecule has 0 radical (unpaired) electrons. The van der Waals surface area contributed by atoms with Crippen LogP contribution in [0.1, 0.15) is 37.5 Å². The third-order valence-corrected chi connectivity index (χ3v) is 3.27. The van der Waals surface area contributed by atoms with E-state index in [-0.39, 0.29) is 11.5 Å². The number of hydrogen-bond acceptors (Lipinski definition) is 1. The summed E-state index contributed by atoms with van der Waals surface area (Å²) in [5.74, 6) is 0.987. The first kappa shape index (κ1) is 12.0. The lowest BCUT2D eigenvalue weighted by atomic mass is 9.87. The molecule has 1 aromatic carbocycles. The predicted octanol–water partition coefficient (Wildman–Crippen LogP) is 4.22. The molecule has 0 amide bonds. The largest absolute Gasteiger partial charge is 0.486 e. The fourth-order valence-electron chi connectivity index (χ4n) is 2.25. The zero-order valence-corrected chi connectivity index (χ0v) is 11.1. The molecule has 0 aromatic heterocycles. The highest BCUT2D eigenvalue weighted by Gasteiger charge is 2.31. The molecule has 1 heteroatoms. The van der Waals surface area contributed by atoms with E-state index in [0.717, 1.165) is 5.76 Å². The molecule has 0 bridgehead atoms. The number of allylic oxidation sites excluding steroid dienone is 1. The van der Waals surface area contributed by atoms with E-state index in [0.29, 0.717) is 0 Å². The normalized spacial score (nSPS) is 18.2. The molecule has 1 nitrogen and oxygen atoms in total. The molecule has 0 spiro atoms. The Morgan fingerprint density at radius 1 is 1.35 bits per heavy atom. The average molecular weight is 228 g/mol. The maximum absolute atomic E-state index is 5.92. The Balaban J connectivity index is 2.44. The number of hydrogen-bond donors (Lipinski definition) is 0. The van der Waals surface area contributed by atoms with Crippen molar-refractivity contribution in [3.05, 3.63) is 53.6 Å². The van der Waals surface area contributed by atoms with Gasteiger partial charge in [-0.05, 0) is 31.6 Å². The first-order chi connectivity index (χ1) is 7.94. The van der Waals surface area contributed by atoms with Crippen molar-refractivity contribution < 1.29 is 4.74 Å². The van der Waals surface area contributed by atoms with Gasteiger partial charge in [0.1, 0.15) is 11.9 Å². The Morgan fingerprint density at radius 3 is 2.71 bits per heavy atom. The van der Waals surface area contributed by atoms with Crippen LogP contribution in [0.25, 0.3) is 5.76 Å². The second-order valence-electron chi connectivity index (χ2n) is 5.34. The quantitative estimate of drug-likeness (QED) is 0.704. The van der Waals surface area contributed by atoms with E-state index < -0.39 is 0 Å². The fourth-order valence-corrected chi connectivity index (χ4v) is 2.25. The molecule has 0 saturated heterocycles. The van der Waals surface area contributed by atoms with Crippen LogP contribution >= 0.6 is 0 Å². The summed E-state index contributed by atoms with van der Waals surface area (Å²) in [6.07, 6.45) is 4.07. The summed E-state index contributed by atoms with van der Waals surface area (Å²) in [4.78, 5) is 0. The molecule has 0 aliphatic heterocycles. The van der Waals surface area contributed by atoms with Crippen LogP contribution in [0, 0.1) is 6.92 Å². The van der Waals surface area contributed by atoms with Crippen molar-refractivity contribution in [1.29, 1.82) is 0 Å². The maximum Gasteiger partial charge on any atom is 0.124 e. The summed E-state index contributed by atoms with van der Waals surface area (Å²) in [6.45, 7) is 12.3. The first-order valence-electron chi connectivity index (χ1n) is 6.07. The van der Waals surface area contributed by atoms with E-state index in [4.69, 9.17) is 4.74 Å². The van der Waals surface area contributed by atoms with Crippen LogP contribution in [0.15, 0.2) is 36.9 Å². The highest BCUT2D eigenvalue weighted by molar-refractivity contribution is 5.72. The van der Waals surface area contributed by atoms with Gasteiger partial charge in [-0.2, -0.15) is 0 Å². The SMILES string of the molecule is C=CC(C)OC1=CC(C)(C)c2ccc(C)cc21. The van der Waals surface area contributed by atoms with Crippen molar-refractivity contribution in [2.45, 2.75) is 39.2 Å². The van der Waals surface area contributed by atoms with Gasteiger partial charge in [0.2, 0.25) is 0 Å². The van der Waals surface area contributed by atoms with Gasteiger partial charge in [-0.25, -0.2) is 0 Å². The molecule has 1 unspecified atom stereocenters. The van der Waals surface area contributed by atoms with Crippen molar-refractivity contribution in [3.8, 4) is 0 Å². The summed E-state index contributed by atoms with van der Waals surface area (Å²) in [5.41, 5.74) is 3.89.